The molecule has 1 atom stereocenters. The van der Waals surface area contributed by atoms with Crippen molar-refractivity contribution in [2.75, 3.05) is 17.2 Å². The smallest absolute Gasteiger partial charge is 0.265 e. The summed E-state index contributed by atoms with van der Waals surface area (Å²) in [7, 11) is -3.92. The highest BCUT2D eigenvalue weighted by Gasteiger charge is 2.27. The number of anilines is 2. The molecule has 2 N–H and O–H groups in total. The lowest BCUT2D eigenvalue weighted by Gasteiger charge is -2.24. The number of carbonyl (C=O) groups excluding carboxylic acids is 2. The van der Waals surface area contributed by atoms with E-state index < -0.39 is 22.0 Å². The Balaban J connectivity index is 1.54. The average Bonchev–Trinajstić information content (AvgIpc) is 2.81. The van der Waals surface area contributed by atoms with Gasteiger partial charge in [-0.1, -0.05) is 48.5 Å². The molecule has 0 saturated heterocycles. The van der Waals surface area contributed by atoms with Gasteiger partial charge < -0.3 is 15.4 Å². The van der Waals surface area contributed by atoms with E-state index in [0.717, 1.165) is 9.87 Å². The number of nitrogens with zero attached hydrogens (tertiary/aromatic N) is 1. The van der Waals surface area contributed by atoms with Crippen molar-refractivity contribution in [1.29, 1.82) is 0 Å². The van der Waals surface area contributed by atoms with Crippen LogP contribution in [0, 0.1) is 0 Å². The molecule has 3 aromatic carbocycles. The minimum absolute atomic E-state index is 0.0391. The van der Waals surface area contributed by atoms with E-state index in [1.807, 2.05) is 18.2 Å². The summed E-state index contributed by atoms with van der Waals surface area (Å²) in [6.45, 7) is 1.29. The summed E-state index contributed by atoms with van der Waals surface area (Å²) in [5.74, 6) is -0.298. The Morgan fingerprint density at radius 3 is 2.39 bits per heavy atom. The first kappa shape index (κ1) is 22.5. The number of amides is 2. The van der Waals surface area contributed by atoms with Gasteiger partial charge in [0.05, 0.1) is 17.1 Å². The van der Waals surface area contributed by atoms with Crippen LogP contribution in [0.15, 0.2) is 83.8 Å². The van der Waals surface area contributed by atoms with Crippen LogP contribution in [0.1, 0.15) is 12.5 Å². The summed E-state index contributed by atoms with van der Waals surface area (Å²) in [5, 5.41) is 5.43. The normalized spacial score (nSPS) is 15.3. The number of fused-ring (bicyclic) bond motifs is 1. The predicted octanol–water partition coefficient (Wildman–Crippen LogP) is 3.24. The van der Waals surface area contributed by atoms with Crippen LogP contribution in [0.3, 0.4) is 0 Å². The SMILES string of the molecule is C[C@@H]1Oc2ccc(NC(=O)CN(Cc3ccccc3)S(=O)(=O)c3ccccc3)cc2NC1=O. The number of rotatable bonds is 7. The van der Waals surface area contributed by atoms with Crippen molar-refractivity contribution in [3.8, 4) is 5.75 Å². The highest BCUT2D eigenvalue weighted by atomic mass is 32.2. The molecular formula is C24H23N3O5S. The molecule has 170 valence electrons. The van der Waals surface area contributed by atoms with Gasteiger partial charge in [-0.25, -0.2) is 8.42 Å². The molecule has 33 heavy (non-hydrogen) atoms. The fraction of sp³-hybridized carbons (Fsp3) is 0.167. The second-order valence-electron chi connectivity index (χ2n) is 7.58. The molecule has 0 unspecified atom stereocenters. The Morgan fingerprint density at radius 2 is 1.70 bits per heavy atom. The molecule has 0 fully saturated rings. The first-order chi connectivity index (χ1) is 15.8. The highest BCUT2D eigenvalue weighted by Crippen LogP contribution is 2.32. The Hall–Kier alpha value is -3.69. The van der Waals surface area contributed by atoms with Gasteiger partial charge in [-0.15, -0.1) is 0 Å². The molecule has 2 amide bonds. The lowest BCUT2D eigenvalue weighted by Crippen LogP contribution is -2.37. The van der Waals surface area contributed by atoms with E-state index in [2.05, 4.69) is 10.6 Å². The van der Waals surface area contributed by atoms with Crippen molar-refractivity contribution in [3.05, 3.63) is 84.4 Å². The summed E-state index contributed by atoms with van der Waals surface area (Å²) in [5.41, 5.74) is 1.61. The third kappa shape index (κ3) is 5.21. The van der Waals surface area contributed by atoms with Crippen LogP contribution in [0.5, 0.6) is 5.75 Å². The zero-order valence-electron chi connectivity index (χ0n) is 17.9. The average molecular weight is 466 g/mol. The molecular weight excluding hydrogens is 442 g/mol. The molecule has 0 radical (unpaired) electrons. The van der Waals surface area contributed by atoms with Crippen molar-refractivity contribution in [2.45, 2.75) is 24.5 Å². The zero-order valence-corrected chi connectivity index (χ0v) is 18.7. The third-order valence-electron chi connectivity index (χ3n) is 5.10. The van der Waals surface area contributed by atoms with E-state index in [0.29, 0.717) is 17.1 Å². The van der Waals surface area contributed by atoms with Crippen LogP contribution < -0.4 is 15.4 Å². The molecule has 9 heteroatoms. The van der Waals surface area contributed by atoms with Crippen LogP contribution in [0.4, 0.5) is 11.4 Å². The fourth-order valence-corrected chi connectivity index (χ4v) is 4.81. The number of benzene rings is 3. The Morgan fingerprint density at radius 1 is 1.03 bits per heavy atom. The quantitative estimate of drug-likeness (QED) is 0.557. The number of hydrogen-bond donors (Lipinski definition) is 2. The summed E-state index contributed by atoms with van der Waals surface area (Å²) >= 11 is 0. The first-order valence-electron chi connectivity index (χ1n) is 10.3. The molecule has 3 aromatic rings. The van der Waals surface area contributed by atoms with Crippen molar-refractivity contribution >= 4 is 33.2 Å². The Kier molecular flexibility index (Phi) is 6.43. The van der Waals surface area contributed by atoms with Gasteiger partial charge in [0.15, 0.2) is 6.10 Å². The zero-order chi connectivity index (χ0) is 23.4. The minimum Gasteiger partial charge on any atom is -0.479 e. The molecule has 0 aliphatic carbocycles. The maximum atomic E-state index is 13.3. The number of ether oxygens (including phenoxy) is 1. The molecule has 4 rings (SSSR count). The van der Waals surface area contributed by atoms with Crippen LogP contribution in [0.2, 0.25) is 0 Å². The topological polar surface area (TPSA) is 105 Å². The van der Waals surface area contributed by atoms with Crippen LogP contribution >= 0.6 is 0 Å². The number of nitrogens with one attached hydrogen (secondary N) is 2. The third-order valence-corrected chi connectivity index (χ3v) is 6.90. The van der Waals surface area contributed by atoms with Gasteiger partial charge in [0.25, 0.3) is 5.91 Å². The van der Waals surface area contributed by atoms with Gasteiger partial charge in [0.1, 0.15) is 5.75 Å². The summed E-state index contributed by atoms with van der Waals surface area (Å²) < 4.78 is 33.2. The largest absolute Gasteiger partial charge is 0.479 e. The summed E-state index contributed by atoms with van der Waals surface area (Å²) in [6, 6.07) is 21.9. The molecule has 1 heterocycles. The van der Waals surface area contributed by atoms with Gasteiger partial charge in [-0.2, -0.15) is 4.31 Å². The lowest BCUT2D eigenvalue weighted by molar-refractivity contribution is -0.122. The number of hydrogen-bond acceptors (Lipinski definition) is 5. The highest BCUT2D eigenvalue weighted by molar-refractivity contribution is 7.89. The van der Waals surface area contributed by atoms with E-state index >= 15 is 0 Å². The first-order valence-corrected chi connectivity index (χ1v) is 11.8. The Bertz CT molecular complexity index is 1260. The maximum absolute atomic E-state index is 13.3. The molecule has 0 aromatic heterocycles. The molecule has 1 aliphatic heterocycles. The lowest BCUT2D eigenvalue weighted by atomic mass is 10.2. The van der Waals surface area contributed by atoms with Crippen molar-refractivity contribution in [3.63, 3.8) is 0 Å². The molecule has 0 spiro atoms. The minimum atomic E-state index is -3.92. The van der Waals surface area contributed by atoms with Crippen molar-refractivity contribution < 1.29 is 22.7 Å². The van der Waals surface area contributed by atoms with Gasteiger partial charge in [0, 0.05) is 12.2 Å². The molecule has 0 saturated carbocycles. The van der Waals surface area contributed by atoms with Gasteiger partial charge in [-0.3, -0.25) is 9.59 Å². The number of sulfonamides is 1. The fourth-order valence-electron chi connectivity index (χ4n) is 3.40. The molecule has 0 bridgehead atoms. The van der Waals surface area contributed by atoms with E-state index in [1.54, 1.807) is 55.5 Å². The van der Waals surface area contributed by atoms with E-state index in [-0.39, 0.29) is 23.9 Å². The monoisotopic (exact) mass is 465 g/mol. The van der Waals surface area contributed by atoms with E-state index in [4.69, 9.17) is 4.74 Å². The summed E-state index contributed by atoms with van der Waals surface area (Å²) in [6.07, 6.45) is -0.604. The molecule has 8 nitrogen and oxygen atoms in total. The van der Waals surface area contributed by atoms with E-state index in [1.165, 1.54) is 12.1 Å². The molecule has 1 aliphatic rings. The van der Waals surface area contributed by atoms with Crippen LogP contribution in [0.25, 0.3) is 0 Å². The maximum Gasteiger partial charge on any atom is 0.265 e. The number of carbonyl (C=O) groups is 2. The predicted molar refractivity (Wildman–Crippen MR) is 124 cm³/mol. The summed E-state index contributed by atoms with van der Waals surface area (Å²) in [4.78, 5) is 24.8. The van der Waals surface area contributed by atoms with Gasteiger partial charge >= 0.3 is 0 Å². The van der Waals surface area contributed by atoms with Gasteiger partial charge in [-0.05, 0) is 42.8 Å². The van der Waals surface area contributed by atoms with Crippen LogP contribution in [-0.4, -0.2) is 37.2 Å². The van der Waals surface area contributed by atoms with E-state index in [9.17, 15) is 18.0 Å². The standard InChI is InChI=1S/C24H23N3O5S/c1-17-24(29)26-21-14-19(12-13-22(21)32-17)25-23(28)16-27(15-18-8-4-2-5-9-18)33(30,31)20-10-6-3-7-11-20/h2-14,17H,15-16H2,1H3,(H,25,28)(H,26,29)/t17-/m0/s1. The van der Waals surface area contributed by atoms with Crippen molar-refractivity contribution in [1.82, 2.24) is 4.31 Å². The second kappa shape index (κ2) is 9.43. The van der Waals surface area contributed by atoms with Crippen molar-refractivity contribution in [2.24, 2.45) is 0 Å². The van der Waals surface area contributed by atoms with Gasteiger partial charge in [0.2, 0.25) is 15.9 Å². The van der Waals surface area contributed by atoms with Crippen LogP contribution in [-0.2, 0) is 26.2 Å². The Labute approximate surface area is 192 Å². The second-order valence-corrected chi connectivity index (χ2v) is 9.52.